The number of aryl methyl sites for hydroxylation is 2. The van der Waals surface area contributed by atoms with Crippen LogP contribution in [0, 0.1) is 5.92 Å². The lowest BCUT2D eigenvalue weighted by molar-refractivity contribution is -0.120. The van der Waals surface area contributed by atoms with E-state index >= 15 is 0 Å². The van der Waals surface area contributed by atoms with Crippen molar-refractivity contribution in [2.45, 2.75) is 52.4 Å². The third kappa shape index (κ3) is 4.22. The van der Waals surface area contributed by atoms with E-state index in [2.05, 4.69) is 60.9 Å². The summed E-state index contributed by atoms with van der Waals surface area (Å²) in [5, 5.41) is 6.67. The molecular formula is C22H28N2O. The van der Waals surface area contributed by atoms with Crippen LogP contribution in [0.3, 0.4) is 0 Å². The molecule has 0 fully saturated rings. The number of fused-ring (bicyclic) bond motifs is 2. The number of nitrogens with one attached hydrogen (secondary N) is 2. The lowest BCUT2D eigenvalue weighted by atomic mass is 9.97. The van der Waals surface area contributed by atoms with Crippen LogP contribution in [0.1, 0.15) is 50.7 Å². The quantitative estimate of drug-likeness (QED) is 0.712. The van der Waals surface area contributed by atoms with Gasteiger partial charge in [0.05, 0.1) is 0 Å². The van der Waals surface area contributed by atoms with Crippen molar-refractivity contribution in [3.63, 3.8) is 0 Å². The largest absolute Gasteiger partial charge is 0.355 e. The van der Waals surface area contributed by atoms with Gasteiger partial charge in [-0.2, -0.15) is 0 Å². The second kappa shape index (κ2) is 8.19. The fourth-order valence-electron chi connectivity index (χ4n) is 3.61. The summed E-state index contributed by atoms with van der Waals surface area (Å²) in [5.74, 6) is 0.264. The normalized spacial score (nSPS) is 12.8. The van der Waals surface area contributed by atoms with Crippen molar-refractivity contribution in [1.29, 1.82) is 0 Å². The molecule has 0 aliphatic carbocycles. The number of carbonyl (C=O) groups is 1. The highest BCUT2D eigenvalue weighted by molar-refractivity contribution is 5.93. The van der Waals surface area contributed by atoms with Crippen molar-refractivity contribution in [3.8, 4) is 0 Å². The van der Waals surface area contributed by atoms with Gasteiger partial charge in [-0.1, -0.05) is 51.0 Å². The van der Waals surface area contributed by atoms with E-state index in [9.17, 15) is 4.79 Å². The highest BCUT2D eigenvalue weighted by Gasteiger charge is 2.18. The second-order valence-electron chi connectivity index (χ2n) is 6.92. The molecular weight excluding hydrogens is 308 g/mol. The minimum Gasteiger partial charge on any atom is -0.355 e. The maximum Gasteiger partial charge on any atom is 0.227 e. The average Bonchev–Trinajstić information content (AvgIpc) is 2.80. The molecule has 0 saturated heterocycles. The first-order chi connectivity index (χ1) is 12.2. The number of para-hydroxylation sites is 1. The Hall–Kier alpha value is -2.29. The molecule has 0 radical (unpaired) electrons. The molecule has 0 saturated carbocycles. The third-order valence-corrected chi connectivity index (χ3v) is 4.97. The van der Waals surface area contributed by atoms with Crippen LogP contribution in [-0.4, -0.2) is 5.91 Å². The lowest BCUT2D eigenvalue weighted by Crippen LogP contribution is -2.22. The highest BCUT2D eigenvalue weighted by atomic mass is 16.1. The Morgan fingerprint density at radius 1 is 1.00 bits per heavy atom. The Morgan fingerprint density at radius 3 is 2.40 bits per heavy atom. The van der Waals surface area contributed by atoms with Crippen molar-refractivity contribution < 1.29 is 4.79 Å². The van der Waals surface area contributed by atoms with Gasteiger partial charge in [-0.15, -0.1) is 0 Å². The van der Waals surface area contributed by atoms with Crippen LogP contribution < -0.4 is 10.6 Å². The summed E-state index contributed by atoms with van der Waals surface area (Å²) in [6.07, 6.45) is 6.05. The number of benzene rings is 2. The maximum atomic E-state index is 12.6. The Kier molecular flexibility index (Phi) is 5.75. The molecule has 25 heavy (non-hydrogen) atoms. The van der Waals surface area contributed by atoms with Gasteiger partial charge in [-0.3, -0.25) is 4.79 Å². The Balaban J connectivity index is 1.77. The topological polar surface area (TPSA) is 41.1 Å². The van der Waals surface area contributed by atoms with Crippen LogP contribution in [-0.2, 0) is 17.6 Å². The zero-order chi connectivity index (χ0) is 17.6. The Labute approximate surface area is 150 Å². The van der Waals surface area contributed by atoms with E-state index < -0.39 is 0 Å². The van der Waals surface area contributed by atoms with E-state index in [4.69, 9.17) is 0 Å². The molecule has 2 N–H and O–H groups in total. The van der Waals surface area contributed by atoms with Crippen molar-refractivity contribution in [3.05, 3.63) is 53.6 Å². The predicted octanol–water partition coefficient (Wildman–Crippen LogP) is 5.68. The van der Waals surface area contributed by atoms with Crippen LogP contribution >= 0.6 is 0 Å². The summed E-state index contributed by atoms with van der Waals surface area (Å²) in [7, 11) is 0. The van der Waals surface area contributed by atoms with Gasteiger partial charge in [0.25, 0.3) is 0 Å². The molecule has 1 heterocycles. The summed E-state index contributed by atoms with van der Waals surface area (Å²) in [5.41, 5.74) is 5.79. The lowest BCUT2D eigenvalue weighted by Gasteiger charge is -2.17. The summed E-state index contributed by atoms with van der Waals surface area (Å²) in [6.45, 7) is 4.28. The van der Waals surface area contributed by atoms with Crippen molar-refractivity contribution in [2.24, 2.45) is 5.92 Å². The van der Waals surface area contributed by atoms with Gasteiger partial charge in [0.15, 0.2) is 0 Å². The molecule has 3 heteroatoms. The standard InChI is InChI=1S/C22H28N2O/c1-3-7-18(8-4-2)22(25)23-19-14-13-17-12-11-16-9-5-6-10-20(16)24-21(17)15-19/h5-6,9-10,13-15,18,24H,3-4,7-8,11-12H2,1-2H3,(H,23,25). The Morgan fingerprint density at radius 2 is 1.68 bits per heavy atom. The summed E-state index contributed by atoms with van der Waals surface area (Å²) < 4.78 is 0. The third-order valence-electron chi connectivity index (χ3n) is 4.97. The zero-order valence-electron chi connectivity index (χ0n) is 15.3. The van der Waals surface area contributed by atoms with E-state index in [1.54, 1.807) is 0 Å². The van der Waals surface area contributed by atoms with Crippen LogP contribution in [0.2, 0.25) is 0 Å². The number of hydrogen-bond donors (Lipinski definition) is 2. The molecule has 0 spiro atoms. The van der Waals surface area contributed by atoms with Crippen LogP contribution in [0.5, 0.6) is 0 Å². The van der Waals surface area contributed by atoms with Crippen molar-refractivity contribution in [2.75, 3.05) is 10.6 Å². The van der Waals surface area contributed by atoms with E-state index in [-0.39, 0.29) is 11.8 Å². The maximum absolute atomic E-state index is 12.6. The molecule has 132 valence electrons. The van der Waals surface area contributed by atoms with Gasteiger partial charge in [-0.05, 0) is 55.0 Å². The molecule has 1 amide bonds. The molecule has 1 aliphatic heterocycles. The van der Waals surface area contributed by atoms with E-state index in [1.807, 2.05) is 6.07 Å². The number of rotatable bonds is 6. The summed E-state index contributed by atoms with van der Waals surface area (Å²) in [6, 6.07) is 14.7. The number of hydrogen-bond acceptors (Lipinski definition) is 2. The Bertz CT molecular complexity index is 733. The fourth-order valence-corrected chi connectivity index (χ4v) is 3.61. The smallest absolute Gasteiger partial charge is 0.227 e. The minimum atomic E-state index is 0.113. The van der Waals surface area contributed by atoms with Gasteiger partial charge >= 0.3 is 0 Å². The van der Waals surface area contributed by atoms with Gasteiger partial charge in [0.1, 0.15) is 0 Å². The van der Waals surface area contributed by atoms with Crippen LogP contribution in [0.15, 0.2) is 42.5 Å². The van der Waals surface area contributed by atoms with E-state index in [0.29, 0.717) is 0 Å². The number of anilines is 3. The number of amides is 1. The first kappa shape index (κ1) is 17.5. The molecule has 0 atom stereocenters. The average molecular weight is 336 g/mol. The molecule has 0 bridgehead atoms. The van der Waals surface area contributed by atoms with Crippen LogP contribution in [0.4, 0.5) is 17.1 Å². The minimum absolute atomic E-state index is 0.113. The van der Waals surface area contributed by atoms with Crippen molar-refractivity contribution in [1.82, 2.24) is 0 Å². The fraction of sp³-hybridized carbons (Fsp3) is 0.409. The van der Waals surface area contributed by atoms with Gasteiger partial charge < -0.3 is 10.6 Å². The molecule has 1 aliphatic rings. The monoisotopic (exact) mass is 336 g/mol. The van der Waals surface area contributed by atoms with E-state index in [1.165, 1.54) is 16.8 Å². The second-order valence-corrected chi connectivity index (χ2v) is 6.92. The molecule has 2 aromatic rings. The molecule has 3 nitrogen and oxygen atoms in total. The predicted molar refractivity (Wildman–Crippen MR) is 106 cm³/mol. The van der Waals surface area contributed by atoms with Crippen LogP contribution in [0.25, 0.3) is 0 Å². The summed E-state index contributed by atoms with van der Waals surface area (Å²) in [4.78, 5) is 12.6. The molecule has 0 unspecified atom stereocenters. The molecule has 3 rings (SSSR count). The summed E-state index contributed by atoms with van der Waals surface area (Å²) >= 11 is 0. The zero-order valence-corrected chi connectivity index (χ0v) is 15.3. The van der Waals surface area contributed by atoms with Gasteiger partial charge in [0, 0.05) is 23.0 Å². The molecule has 0 aromatic heterocycles. The van der Waals surface area contributed by atoms with E-state index in [0.717, 1.165) is 49.9 Å². The highest BCUT2D eigenvalue weighted by Crippen LogP contribution is 2.32. The molecule has 2 aromatic carbocycles. The number of carbonyl (C=O) groups excluding carboxylic acids is 1. The SMILES string of the molecule is CCCC(CCC)C(=O)Nc1ccc2c(c1)Nc1ccccc1CC2. The van der Waals surface area contributed by atoms with Gasteiger partial charge in [-0.25, -0.2) is 0 Å². The first-order valence-electron chi connectivity index (χ1n) is 9.50. The van der Waals surface area contributed by atoms with Crippen molar-refractivity contribution >= 4 is 23.0 Å². The van der Waals surface area contributed by atoms with Gasteiger partial charge in [0.2, 0.25) is 5.91 Å². The first-order valence-corrected chi connectivity index (χ1v) is 9.50.